The highest BCUT2D eigenvalue weighted by Crippen LogP contribution is 2.40. The number of ether oxygens (including phenoxy) is 2. The molecule has 0 saturated carbocycles. The highest BCUT2D eigenvalue weighted by molar-refractivity contribution is 5.99. The molecule has 0 radical (unpaired) electrons. The van der Waals surface area contributed by atoms with Crippen LogP contribution in [0.1, 0.15) is 10.4 Å². The molecule has 17 heavy (non-hydrogen) atoms. The van der Waals surface area contributed by atoms with Gasteiger partial charge in [-0.2, -0.15) is 0 Å². The number of rotatable bonds is 3. The number of hydrogen-bond acceptors (Lipinski definition) is 4. The quantitative estimate of drug-likeness (QED) is 0.825. The molecule has 0 saturated heterocycles. The van der Waals surface area contributed by atoms with Crippen molar-refractivity contribution in [2.24, 2.45) is 0 Å². The number of phenolic OH excluding ortho intramolecular Hbond substituents is 1. The van der Waals surface area contributed by atoms with Crippen LogP contribution in [0.2, 0.25) is 0 Å². The fraction of sp³-hybridized carbons (Fsp3) is 0.154. The molecule has 0 aromatic heterocycles. The average Bonchev–Trinajstić information content (AvgIpc) is 2.37. The second-order valence-corrected chi connectivity index (χ2v) is 3.56. The van der Waals surface area contributed by atoms with Gasteiger partial charge in [0, 0.05) is 5.56 Å². The predicted octanol–water partition coefficient (Wildman–Crippen LogP) is 2.38. The zero-order chi connectivity index (χ0) is 12.4. The Bertz CT molecular complexity index is 575. The molecular weight excluding hydrogens is 220 g/mol. The summed E-state index contributed by atoms with van der Waals surface area (Å²) < 4.78 is 10.4. The normalized spacial score (nSPS) is 10.2. The number of aldehydes is 1. The lowest BCUT2D eigenvalue weighted by Gasteiger charge is -2.12. The highest BCUT2D eigenvalue weighted by Gasteiger charge is 2.13. The molecule has 0 amide bonds. The molecule has 0 spiro atoms. The number of fused-ring (bicyclic) bond motifs is 1. The summed E-state index contributed by atoms with van der Waals surface area (Å²) in [5.74, 6) is 0.881. The number of carbonyl (C=O) groups is 1. The van der Waals surface area contributed by atoms with Gasteiger partial charge < -0.3 is 14.6 Å². The summed E-state index contributed by atoms with van der Waals surface area (Å²) in [6, 6.07) is 6.56. The summed E-state index contributed by atoms with van der Waals surface area (Å²) in [5.41, 5.74) is 0.516. The van der Waals surface area contributed by atoms with E-state index in [-0.39, 0.29) is 5.75 Å². The van der Waals surface area contributed by atoms with Gasteiger partial charge in [0.05, 0.1) is 19.6 Å². The molecule has 0 atom stereocenters. The largest absolute Gasteiger partial charge is 0.504 e. The molecular formula is C13H12O4. The molecule has 1 N–H and O–H groups in total. The van der Waals surface area contributed by atoms with Crippen molar-refractivity contribution >= 4 is 17.1 Å². The molecule has 0 aliphatic heterocycles. The van der Waals surface area contributed by atoms with Crippen LogP contribution in [0, 0.1) is 0 Å². The summed E-state index contributed by atoms with van der Waals surface area (Å²) in [5, 5.41) is 11.1. The first-order valence-electron chi connectivity index (χ1n) is 5.04. The highest BCUT2D eigenvalue weighted by atomic mass is 16.5. The Morgan fingerprint density at radius 2 is 1.94 bits per heavy atom. The van der Waals surface area contributed by atoms with Crippen LogP contribution in [0.15, 0.2) is 24.3 Å². The minimum Gasteiger partial charge on any atom is -0.504 e. The average molecular weight is 232 g/mol. The molecule has 0 bridgehead atoms. The minimum absolute atomic E-state index is 0.0390. The number of hydrogen-bond donors (Lipinski definition) is 1. The Labute approximate surface area is 98.4 Å². The molecule has 0 aliphatic rings. The first-order valence-corrected chi connectivity index (χ1v) is 5.04. The number of carbonyl (C=O) groups excluding carboxylic acids is 1. The van der Waals surface area contributed by atoms with Gasteiger partial charge in [0.2, 0.25) is 0 Å². The van der Waals surface area contributed by atoms with Crippen LogP contribution in [0.25, 0.3) is 10.8 Å². The van der Waals surface area contributed by atoms with Crippen LogP contribution in [0.3, 0.4) is 0 Å². The Kier molecular flexibility index (Phi) is 2.87. The van der Waals surface area contributed by atoms with E-state index in [4.69, 9.17) is 9.47 Å². The van der Waals surface area contributed by atoms with E-state index in [1.165, 1.54) is 20.3 Å². The molecule has 0 unspecified atom stereocenters. The third kappa shape index (κ3) is 1.78. The van der Waals surface area contributed by atoms with E-state index < -0.39 is 0 Å². The summed E-state index contributed by atoms with van der Waals surface area (Å²) in [6.07, 6.45) is 0.751. The Hall–Kier alpha value is -2.23. The van der Waals surface area contributed by atoms with Crippen LogP contribution in [0.4, 0.5) is 0 Å². The van der Waals surface area contributed by atoms with E-state index in [9.17, 15) is 9.90 Å². The Morgan fingerprint density at radius 3 is 2.53 bits per heavy atom. The molecule has 4 nitrogen and oxygen atoms in total. The smallest absolute Gasteiger partial charge is 0.172 e. The van der Waals surface area contributed by atoms with E-state index in [0.717, 1.165) is 11.7 Å². The van der Waals surface area contributed by atoms with Crippen molar-refractivity contribution in [1.29, 1.82) is 0 Å². The maximum absolute atomic E-state index is 10.8. The van der Waals surface area contributed by atoms with Gasteiger partial charge in [-0.1, -0.05) is 6.07 Å². The number of methoxy groups -OCH3 is 2. The number of aromatic hydroxyl groups is 1. The summed E-state index contributed by atoms with van der Waals surface area (Å²) in [4.78, 5) is 10.8. The van der Waals surface area contributed by atoms with Crippen molar-refractivity contribution in [1.82, 2.24) is 0 Å². The second kappa shape index (κ2) is 4.33. The van der Waals surface area contributed by atoms with Gasteiger partial charge >= 0.3 is 0 Å². The maximum atomic E-state index is 10.8. The van der Waals surface area contributed by atoms with Crippen molar-refractivity contribution in [3.05, 3.63) is 29.8 Å². The number of benzene rings is 2. The third-order valence-electron chi connectivity index (χ3n) is 2.60. The molecule has 0 aliphatic carbocycles. The van der Waals surface area contributed by atoms with E-state index in [2.05, 4.69) is 0 Å². The fourth-order valence-electron chi connectivity index (χ4n) is 1.84. The van der Waals surface area contributed by atoms with Gasteiger partial charge in [-0.3, -0.25) is 4.79 Å². The van der Waals surface area contributed by atoms with Crippen LogP contribution in [-0.2, 0) is 0 Å². The summed E-state index contributed by atoms with van der Waals surface area (Å²) >= 11 is 0. The van der Waals surface area contributed by atoms with Crippen molar-refractivity contribution in [2.75, 3.05) is 14.2 Å². The minimum atomic E-state index is 0.0390. The lowest BCUT2D eigenvalue weighted by Crippen LogP contribution is -1.92. The SMILES string of the molecule is COc1cc(C=O)cc2ccc(O)c(OC)c12. The molecule has 2 aromatic carbocycles. The molecule has 0 heterocycles. The molecule has 0 fully saturated rings. The van der Waals surface area contributed by atoms with E-state index in [1.807, 2.05) is 0 Å². The maximum Gasteiger partial charge on any atom is 0.172 e. The van der Waals surface area contributed by atoms with Crippen LogP contribution in [0.5, 0.6) is 17.2 Å². The predicted molar refractivity (Wildman–Crippen MR) is 64.1 cm³/mol. The Balaban J connectivity index is 2.89. The lowest BCUT2D eigenvalue weighted by atomic mass is 10.0. The Morgan fingerprint density at radius 1 is 1.18 bits per heavy atom. The van der Waals surface area contributed by atoms with E-state index in [1.54, 1.807) is 18.2 Å². The first-order chi connectivity index (χ1) is 8.21. The van der Waals surface area contributed by atoms with Gasteiger partial charge in [-0.05, 0) is 23.6 Å². The van der Waals surface area contributed by atoms with Crippen molar-refractivity contribution < 1.29 is 19.4 Å². The van der Waals surface area contributed by atoms with Crippen molar-refractivity contribution in [2.45, 2.75) is 0 Å². The van der Waals surface area contributed by atoms with Gasteiger partial charge in [0.1, 0.15) is 12.0 Å². The van der Waals surface area contributed by atoms with Gasteiger partial charge in [0.25, 0.3) is 0 Å². The molecule has 2 aromatic rings. The van der Waals surface area contributed by atoms with Crippen LogP contribution in [-0.4, -0.2) is 25.6 Å². The summed E-state index contributed by atoms with van der Waals surface area (Å²) in [6.45, 7) is 0. The van der Waals surface area contributed by atoms with Gasteiger partial charge in [-0.15, -0.1) is 0 Å². The van der Waals surface area contributed by atoms with Crippen LogP contribution >= 0.6 is 0 Å². The van der Waals surface area contributed by atoms with Gasteiger partial charge in [0.15, 0.2) is 11.5 Å². The van der Waals surface area contributed by atoms with Crippen LogP contribution < -0.4 is 9.47 Å². The lowest BCUT2D eigenvalue weighted by molar-refractivity contribution is 0.112. The monoisotopic (exact) mass is 232 g/mol. The third-order valence-corrected chi connectivity index (χ3v) is 2.60. The first kappa shape index (κ1) is 11.3. The second-order valence-electron chi connectivity index (χ2n) is 3.56. The van der Waals surface area contributed by atoms with Crippen molar-refractivity contribution in [3.8, 4) is 17.2 Å². The van der Waals surface area contributed by atoms with E-state index in [0.29, 0.717) is 22.4 Å². The van der Waals surface area contributed by atoms with E-state index >= 15 is 0 Å². The topological polar surface area (TPSA) is 55.8 Å². The van der Waals surface area contributed by atoms with Gasteiger partial charge in [-0.25, -0.2) is 0 Å². The molecule has 4 heteroatoms. The summed E-state index contributed by atoms with van der Waals surface area (Å²) in [7, 11) is 2.98. The number of phenols is 1. The zero-order valence-electron chi connectivity index (χ0n) is 9.56. The van der Waals surface area contributed by atoms with Crippen molar-refractivity contribution in [3.63, 3.8) is 0 Å². The standard InChI is InChI=1S/C13H12O4/c1-16-11-6-8(7-14)5-9-3-4-10(15)13(17-2)12(9)11/h3-7,15H,1-2H3. The zero-order valence-corrected chi connectivity index (χ0v) is 9.56. The molecule has 2 rings (SSSR count). The fourth-order valence-corrected chi connectivity index (χ4v) is 1.84. The molecule has 88 valence electrons.